The van der Waals surface area contributed by atoms with E-state index < -0.39 is 0 Å². The number of halogens is 1. The topological polar surface area (TPSA) is 29.3 Å². The van der Waals surface area contributed by atoms with Gasteiger partial charge in [-0.25, -0.2) is 0 Å². The number of hydrogen-bond donors (Lipinski definition) is 1. The fourth-order valence-corrected chi connectivity index (χ4v) is 2.98. The van der Waals surface area contributed by atoms with Crippen LogP contribution < -0.4 is 10.6 Å². The van der Waals surface area contributed by atoms with Crippen LogP contribution in [0.15, 0.2) is 18.2 Å². The van der Waals surface area contributed by atoms with Gasteiger partial charge in [0.15, 0.2) is 0 Å². The summed E-state index contributed by atoms with van der Waals surface area (Å²) in [7, 11) is 0. The van der Waals surface area contributed by atoms with Crippen LogP contribution in [0.4, 0.5) is 5.69 Å². The minimum absolute atomic E-state index is 0.551. The van der Waals surface area contributed by atoms with Gasteiger partial charge >= 0.3 is 0 Å². The summed E-state index contributed by atoms with van der Waals surface area (Å²) in [5.74, 6) is 0.621. The molecule has 0 saturated carbocycles. The Balaban J connectivity index is 3.06. The molecule has 0 bridgehead atoms. The van der Waals surface area contributed by atoms with Gasteiger partial charge in [-0.15, -0.1) is 0 Å². The molecule has 0 amide bonds. The Morgan fingerprint density at radius 1 is 1.20 bits per heavy atom. The third-order valence-corrected chi connectivity index (χ3v) is 4.00. The molecule has 1 aromatic rings. The third-order valence-electron chi connectivity index (χ3n) is 3.70. The number of nitrogens with zero attached hydrogens (tertiary/aromatic N) is 1. The van der Waals surface area contributed by atoms with Gasteiger partial charge < -0.3 is 10.6 Å². The van der Waals surface area contributed by atoms with Crippen molar-refractivity contribution in [1.82, 2.24) is 0 Å². The van der Waals surface area contributed by atoms with Crippen molar-refractivity contribution < 1.29 is 0 Å². The second kappa shape index (κ2) is 8.53. The first kappa shape index (κ1) is 17.3. The van der Waals surface area contributed by atoms with E-state index in [1.165, 1.54) is 5.56 Å². The first-order valence-corrected chi connectivity index (χ1v) is 8.16. The molecule has 0 aliphatic carbocycles. The molecule has 2 N–H and O–H groups in total. The van der Waals surface area contributed by atoms with E-state index in [4.69, 9.17) is 17.3 Å². The van der Waals surface area contributed by atoms with Crippen LogP contribution in [0, 0.1) is 5.92 Å². The van der Waals surface area contributed by atoms with E-state index in [0.717, 1.165) is 36.5 Å². The molecule has 0 saturated heterocycles. The Labute approximate surface area is 129 Å². The van der Waals surface area contributed by atoms with Crippen molar-refractivity contribution in [3.05, 3.63) is 28.8 Å². The van der Waals surface area contributed by atoms with E-state index in [-0.39, 0.29) is 0 Å². The summed E-state index contributed by atoms with van der Waals surface area (Å²) in [5.41, 5.74) is 7.99. The largest absolute Gasteiger partial charge is 0.367 e. The smallest absolute Gasteiger partial charge is 0.0642 e. The average Bonchev–Trinajstić information content (AvgIpc) is 2.39. The van der Waals surface area contributed by atoms with E-state index in [0.29, 0.717) is 18.5 Å². The molecule has 1 aromatic carbocycles. The fourth-order valence-electron chi connectivity index (χ4n) is 2.67. The van der Waals surface area contributed by atoms with Gasteiger partial charge in [0.05, 0.1) is 10.7 Å². The Hall–Kier alpha value is -0.730. The molecule has 3 heteroatoms. The molecule has 0 aliphatic heterocycles. The lowest BCUT2D eigenvalue weighted by atomic mass is 10.0. The lowest BCUT2D eigenvalue weighted by molar-refractivity contribution is 0.507. The summed E-state index contributed by atoms with van der Waals surface area (Å²) in [5, 5.41) is 0.850. The Kier molecular flexibility index (Phi) is 7.39. The van der Waals surface area contributed by atoms with Crippen LogP contribution in [-0.4, -0.2) is 19.1 Å². The summed E-state index contributed by atoms with van der Waals surface area (Å²) in [6.45, 7) is 10.7. The maximum absolute atomic E-state index is 6.52. The molecule has 0 unspecified atom stereocenters. The molecule has 0 heterocycles. The number of benzene rings is 1. The van der Waals surface area contributed by atoms with Crippen LogP contribution >= 0.6 is 11.6 Å². The molecule has 20 heavy (non-hydrogen) atoms. The van der Waals surface area contributed by atoms with Crippen molar-refractivity contribution in [1.29, 1.82) is 0 Å². The predicted molar refractivity (Wildman–Crippen MR) is 90.8 cm³/mol. The number of nitrogens with two attached hydrogens (primary N) is 1. The Bertz CT molecular complexity index is 400. The van der Waals surface area contributed by atoms with Crippen molar-refractivity contribution in [3.63, 3.8) is 0 Å². The van der Waals surface area contributed by atoms with Crippen LogP contribution in [0.3, 0.4) is 0 Å². The quantitative estimate of drug-likeness (QED) is 0.766. The van der Waals surface area contributed by atoms with E-state index in [1.807, 2.05) is 0 Å². The van der Waals surface area contributed by atoms with Gasteiger partial charge in [0.1, 0.15) is 0 Å². The fraction of sp³-hybridized carbons (Fsp3) is 0.647. The summed E-state index contributed by atoms with van der Waals surface area (Å²) in [6.07, 6.45) is 3.17. The first-order chi connectivity index (χ1) is 9.53. The molecular weight excluding hydrogens is 268 g/mol. The lowest BCUT2D eigenvalue weighted by Crippen LogP contribution is -2.37. The van der Waals surface area contributed by atoms with Crippen molar-refractivity contribution in [2.45, 2.75) is 53.0 Å². The molecule has 114 valence electrons. The molecular formula is C17H29ClN2. The van der Waals surface area contributed by atoms with E-state index in [2.05, 4.69) is 50.8 Å². The molecule has 2 nitrogen and oxygen atoms in total. The number of hydrogen-bond acceptors (Lipinski definition) is 2. The van der Waals surface area contributed by atoms with Crippen molar-refractivity contribution in [2.75, 3.05) is 18.0 Å². The summed E-state index contributed by atoms with van der Waals surface area (Å²) < 4.78 is 0. The Morgan fingerprint density at radius 3 is 2.30 bits per heavy atom. The minimum Gasteiger partial charge on any atom is -0.367 e. The molecule has 0 aliphatic rings. The maximum atomic E-state index is 6.52. The minimum atomic E-state index is 0.551. The highest BCUT2D eigenvalue weighted by molar-refractivity contribution is 6.33. The molecule has 0 fully saturated rings. The predicted octanol–water partition coefficient (Wildman–Crippen LogP) is 4.49. The van der Waals surface area contributed by atoms with Gasteiger partial charge in [-0.3, -0.25) is 0 Å². The second-order valence-electron chi connectivity index (χ2n) is 5.84. The zero-order valence-electron chi connectivity index (χ0n) is 13.3. The van der Waals surface area contributed by atoms with Crippen LogP contribution in [0.2, 0.25) is 5.02 Å². The van der Waals surface area contributed by atoms with Gasteiger partial charge in [-0.1, -0.05) is 45.4 Å². The van der Waals surface area contributed by atoms with Gasteiger partial charge in [0, 0.05) is 12.6 Å². The highest BCUT2D eigenvalue weighted by atomic mass is 35.5. The lowest BCUT2D eigenvalue weighted by Gasteiger charge is -2.35. The first-order valence-electron chi connectivity index (χ1n) is 7.78. The Morgan fingerprint density at radius 2 is 1.85 bits per heavy atom. The van der Waals surface area contributed by atoms with Crippen LogP contribution in [0.25, 0.3) is 0 Å². The normalized spacial score (nSPS) is 11.4. The highest BCUT2D eigenvalue weighted by Gasteiger charge is 2.19. The average molecular weight is 297 g/mol. The van der Waals surface area contributed by atoms with Gasteiger partial charge in [-0.2, -0.15) is 0 Å². The van der Waals surface area contributed by atoms with Crippen LogP contribution in [-0.2, 0) is 6.42 Å². The van der Waals surface area contributed by atoms with Crippen molar-refractivity contribution in [3.8, 4) is 0 Å². The van der Waals surface area contributed by atoms with E-state index >= 15 is 0 Å². The third kappa shape index (κ3) is 4.68. The van der Waals surface area contributed by atoms with Crippen molar-refractivity contribution >= 4 is 17.3 Å². The number of anilines is 1. The summed E-state index contributed by atoms with van der Waals surface area (Å²) >= 11 is 6.52. The monoisotopic (exact) mass is 296 g/mol. The van der Waals surface area contributed by atoms with Crippen LogP contribution in [0.1, 0.15) is 46.1 Å². The van der Waals surface area contributed by atoms with Gasteiger partial charge in [0.2, 0.25) is 0 Å². The molecule has 0 aromatic heterocycles. The molecule has 0 atom stereocenters. The van der Waals surface area contributed by atoms with Crippen LogP contribution in [0.5, 0.6) is 0 Å². The highest BCUT2D eigenvalue weighted by Crippen LogP contribution is 2.30. The summed E-state index contributed by atoms with van der Waals surface area (Å²) in [4.78, 5) is 2.47. The maximum Gasteiger partial charge on any atom is 0.0642 e. The zero-order valence-corrected chi connectivity index (χ0v) is 14.1. The zero-order chi connectivity index (χ0) is 15.1. The second-order valence-corrected chi connectivity index (χ2v) is 6.25. The van der Waals surface area contributed by atoms with Gasteiger partial charge in [-0.05, 0) is 49.4 Å². The molecule has 0 radical (unpaired) electrons. The van der Waals surface area contributed by atoms with Gasteiger partial charge in [0.25, 0.3) is 0 Å². The molecule has 1 rings (SSSR count). The molecule has 0 spiro atoms. The standard InChI is InChI=1S/C17H29ClN2/c1-5-15(6-2)20(12-13(3)4)17-8-7-14(9-10-19)11-16(17)18/h7-8,11,13,15H,5-6,9-10,12,19H2,1-4H3. The van der Waals surface area contributed by atoms with Crippen molar-refractivity contribution in [2.24, 2.45) is 11.7 Å². The SMILES string of the molecule is CCC(CC)N(CC(C)C)c1ccc(CCN)cc1Cl. The summed E-state index contributed by atoms with van der Waals surface area (Å²) in [6, 6.07) is 6.94. The van der Waals surface area contributed by atoms with E-state index in [9.17, 15) is 0 Å². The van der Waals surface area contributed by atoms with E-state index in [1.54, 1.807) is 0 Å². The number of rotatable bonds is 8.